The quantitative estimate of drug-likeness (QED) is 0.0620. The molecule has 4 rings (SSSR count). The molecular weight excluding hydrogens is 795 g/mol. The van der Waals surface area contributed by atoms with Crippen LogP contribution in [0.2, 0.25) is 0 Å². The third-order valence-corrected chi connectivity index (χ3v) is 10.4. The number of esters is 2. The fourth-order valence-corrected chi connectivity index (χ4v) is 6.73. The number of thioether (sulfide) groups is 1. The minimum atomic E-state index is -6.14. The molecule has 4 heterocycles. The first-order valence-corrected chi connectivity index (χ1v) is 19.0. The van der Waals surface area contributed by atoms with Crippen molar-refractivity contribution < 1.29 is 79.0 Å². The summed E-state index contributed by atoms with van der Waals surface area (Å²) in [5, 5.41) is -0.621. The first-order valence-electron chi connectivity index (χ1n) is 11.4. The summed E-state index contributed by atoms with van der Waals surface area (Å²) >= 11 is 2.22. The molecule has 0 bridgehead atoms. The molecule has 0 aromatic carbocycles. The zero-order chi connectivity index (χ0) is 36.6. The van der Waals surface area contributed by atoms with Gasteiger partial charge >= 0.3 is 43.2 Å². The van der Waals surface area contributed by atoms with Gasteiger partial charge in [0, 0.05) is 18.6 Å². The first kappa shape index (κ1) is 38.8. The van der Waals surface area contributed by atoms with Crippen LogP contribution < -0.4 is 8.37 Å². The number of nitrogens with zero attached hydrogens (tertiary/aromatic N) is 4. The van der Waals surface area contributed by atoms with E-state index in [-0.39, 0.29) is 20.1 Å². The number of thiophene rings is 2. The number of fused-ring (bicyclic) bond motifs is 2. The highest BCUT2D eigenvalue weighted by atomic mass is 32.2. The van der Waals surface area contributed by atoms with Gasteiger partial charge in [0.05, 0.1) is 23.6 Å². The molecule has 264 valence electrons. The lowest BCUT2D eigenvalue weighted by Crippen LogP contribution is -2.28. The van der Waals surface area contributed by atoms with Crippen molar-refractivity contribution in [2.75, 3.05) is 26.7 Å². The van der Waals surface area contributed by atoms with Gasteiger partial charge < -0.3 is 17.8 Å². The topological polar surface area (TPSA) is 225 Å². The summed E-state index contributed by atoms with van der Waals surface area (Å²) in [6.45, 7) is 0. The van der Waals surface area contributed by atoms with E-state index in [4.69, 9.17) is 0 Å². The van der Waals surface area contributed by atoms with Crippen molar-refractivity contribution in [2.24, 2.45) is 0 Å². The van der Waals surface area contributed by atoms with Gasteiger partial charge in [-0.05, 0) is 6.26 Å². The predicted octanol–water partition coefficient (Wildman–Crippen LogP) is 3.54. The Hall–Kier alpha value is -3.60. The summed E-state index contributed by atoms with van der Waals surface area (Å²) in [6.07, 6.45) is 4.50. The lowest BCUT2D eigenvalue weighted by molar-refractivity contribution is -0.0504. The number of ether oxygens (including phenoxy) is 2. The number of sulfone groups is 1. The number of carbonyl (C=O) groups is 2. The fraction of sp³-hybridized carbons (Fsp3) is 0.300. The van der Waals surface area contributed by atoms with Crippen molar-refractivity contribution >= 4 is 96.9 Å². The number of carbonyl (C=O) groups excluding carboxylic acids is 2. The Morgan fingerprint density at radius 2 is 1.12 bits per heavy atom. The van der Waals surface area contributed by atoms with Crippen molar-refractivity contribution in [3.8, 4) is 11.5 Å². The minimum absolute atomic E-state index is 0.0832. The number of alkyl halides is 6. The van der Waals surface area contributed by atoms with E-state index in [1.54, 1.807) is 6.26 Å². The molecule has 0 amide bonds. The van der Waals surface area contributed by atoms with Crippen LogP contribution >= 0.6 is 34.4 Å². The summed E-state index contributed by atoms with van der Waals surface area (Å²) in [4.78, 5) is 37.0. The number of hydrogen-bond acceptors (Lipinski definition) is 19. The molecule has 0 radical (unpaired) electrons. The van der Waals surface area contributed by atoms with Crippen LogP contribution in [0.15, 0.2) is 22.7 Å². The highest BCUT2D eigenvalue weighted by Crippen LogP contribution is 2.41. The Balaban J connectivity index is 0.000000261. The van der Waals surface area contributed by atoms with E-state index in [1.807, 2.05) is 0 Å². The van der Waals surface area contributed by atoms with Crippen LogP contribution in [-0.4, -0.2) is 94.9 Å². The van der Waals surface area contributed by atoms with E-state index in [0.29, 0.717) is 22.7 Å². The van der Waals surface area contributed by atoms with Gasteiger partial charge in [0.2, 0.25) is 15.0 Å². The van der Waals surface area contributed by atoms with Gasteiger partial charge in [-0.15, -0.1) is 22.7 Å². The van der Waals surface area contributed by atoms with Crippen LogP contribution in [-0.2, 0) is 39.5 Å². The predicted molar refractivity (Wildman–Crippen MR) is 154 cm³/mol. The Morgan fingerprint density at radius 3 is 1.48 bits per heavy atom. The zero-order valence-electron chi connectivity index (χ0n) is 23.6. The van der Waals surface area contributed by atoms with E-state index >= 15 is 0 Å². The number of rotatable bonds is 8. The largest absolute Gasteiger partial charge is 0.534 e. The van der Waals surface area contributed by atoms with Gasteiger partial charge in [-0.25, -0.2) is 37.9 Å². The first-order chi connectivity index (χ1) is 21.9. The van der Waals surface area contributed by atoms with E-state index in [9.17, 15) is 61.2 Å². The van der Waals surface area contributed by atoms with Crippen molar-refractivity contribution in [1.29, 1.82) is 0 Å². The molecule has 48 heavy (non-hydrogen) atoms. The molecule has 16 nitrogen and oxygen atoms in total. The summed E-state index contributed by atoms with van der Waals surface area (Å²) in [5.74, 6) is -4.16. The third-order valence-electron chi connectivity index (χ3n) is 4.94. The van der Waals surface area contributed by atoms with Crippen molar-refractivity contribution in [3.05, 3.63) is 22.1 Å². The van der Waals surface area contributed by atoms with Crippen LogP contribution in [0.3, 0.4) is 0 Å². The van der Waals surface area contributed by atoms with Crippen molar-refractivity contribution in [3.63, 3.8) is 0 Å². The second kappa shape index (κ2) is 13.7. The molecule has 0 saturated heterocycles. The SMILES string of the molecule is COC(=O)c1sc2cnc(S(C)(=O)=O)nc2c1OS(=O)(=O)C(F)(F)F.COC(=O)c1sc2cnc(SC)nc2c1OS(=O)(=O)C(F)(F)F. The summed E-state index contributed by atoms with van der Waals surface area (Å²) in [5.41, 5.74) is -12.2. The lowest BCUT2D eigenvalue weighted by Gasteiger charge is -2.09. The van der Waals surface area contributed by atoms with Crippen molar-refractivity contribution in [1.82, 2.24) is 19.9 Å². The number of methoxy groups -OCH3 is 2. The molecule has 0 aliphatic heterocycles. The van der Waals surface area contributed by atoms with Gasteiger partial charge in [-0.2, -0.15) is 43.2 Å². The van der Waals surface area contributed by atoms with Crippen LogP contribution in [0, 0.1) is 0 Å². The van der Waals surface area contributed by atoms with Crippen LogP contribution in [0.1, 0.15) is 19.3 Å². The second-order valence-corrected chi connectivity index (χ2v) is 16.0. The summed E-state index contributed by atoms with van der Waals surface area (Å²) < 4.78 is 160. The number of hydrogen-bond donors (Lipinski definition) is 0. The highest BCUT2D eigenvalue weighted by Gasteiger charge is 2.50. The molecule has 28 heteroatoms. The molecular formula is C20H14F6N4O12S6. The van der Waals surface area contributed by atoms with E-state index in [2.05, 4.69) is 37.8 Å². The molecule has 0 spiro atoms. The average Bonchev–Trinajstić information content (AvgIpc) is 3.51. The monoisotopic (exact) mass is 808 g/mol. The Kier molecular flexibility index (Phi) is 11.1. The van der Waals surface area contributed by atoms with Gasteiger partial charge in [0.1, 0.15) is 11.0 Å². The molecule has 0 unspecified atom stereocenters. The van der Waals surface area contributed by atoms with Crippen LogP contribution in [0.5, 0.6) is 11.5 Å². The Labute approximate surface area is 276 Å². The third kappa shape index (κ3) is 8.15. The maximum absolute atomic E-state index is 12.6. The standard InChI is InChI=1S/C10H7F3N2O7S3.C10H7F3N2O5S3/c1-21-8(16)7-6(22-25(19,20)10(11,12)13)5-4(23-7)3-14-9(15-5)24(2,17)18;1-19-8(16)7-6(20-23(17,18)10(11,12)13)5-4(22-7)3-14-9(15-5)21-2/h3H,1-2H3;3H,1-2H3. The van der Waals surface area contributed by atoms with Gasteiger partial charge in [0.15, 0.2) is 26.4 Å². The molecule has 4 aromatic rings. The van der Waals surface area contributed by atoms with Crippen LogP contribution in [0.25, 0.3) is 20.4 Å². The fourth-order valence-electron chi connectivity index (χ4n) is 2.91. The van der Waals surface area contributed by atoms with E-state index < -0.39 is 85.0 Å². The number of halogens is 6. The molecule has 0 aliphatic carbocycles. The molecule has 0 atom stereocenters. The Bertz CT molecular complexity index is 2230. The minimum Gasteiger partial charge on any atom is -0.465 e. The van der Waals surface area contributed by atoms with Gasteiger partial charge in [-0.1, -0.05) is 11.8 Å². The zero-order valence-corrected chi connectivity index (χ0v) is 28.5. The lowest BCUT2D eigenvalue weighted by atomic mass is 10.4. The van der Waals surface area contributed by atoms with Crippen LogP contribution in [0.4, 0.5) is 26.3 Å². The smallest absolute Gasteiger partial charge is 0.465 e. The summed E-state index contributed by atoms with van der Waals surface area (Å²) in [7, 11) is -14.2. The average molecular weight is 809 g/mol. The van der Waals surface area contributed by atoms with Gasteiger partial charge in [-0.3, -0.25) is 0 Å². The molecule has 0 N–H and O–H groups in total. The molecule has 0 saturated carbocycles. The normalized spacial score (nSPS) is 12.7. The maximum atomic E-state index is 12.6. The maximum Gasteiger partial charge on any atom is 0.534 e. The molecule has 4 aromatic heterocycles. The van der Waals surface area contributed by atoms with Gasteiger partial charge in [0.25, 0.3) is 0 Å². The Morgan fingerprint density at radius 1 is 0.729 bits per heavy atom. The van der Waals surface area contributed by atoms with E-state index in [0.717, 1.165) is 38.4 Å². The molecule has 0 fully saturated rings. The summed E-state index contributed by atoms with van der Waals surface area (Å²) in [6, 6.07) is 0. The number of aromatic nitrogens is 4. The van der Waals surface area contributed by atoms with Crippen molar-refractivity contribution in [2.45, 2.75) is 21.3 Å². The highest BCUT2D eigenvalue weighted by molar-refractivity contribution is 7.98. The van der Waals surface area contributed by atoms with E-state index in [1.165, 1.54) is 6.20 Å². The molecule has 0 aliphatic rings. The second-order valence-electron chi connectivity index (χ2n) is 8.18.